The monoisotopic (exact) mass is 306 g/mol. The molecule has 0 saturated heterocycles. The zero-order valence-corrected chi connectivity index (χ0v) is 12.0. The molecule has 0 fully saturated rings. The number of rotatable bonds is 6. The number of thioether (sulfide) groups is 1. The minimum atomic E-state index is -0.588. The smallest absolute Gasteiger partial charge is 0.319 e. The van der Waals surface area contributed by atoms with Crippen LogP contribution in [0.5, 0.6) is 0 Å². The molecule has 0 bridgehead atoms. The van der Waals surface area contributed by atoms with Crippen LogP contribution in [0.1, 0.15) is 6.42 Å². The largest absolute Gasteiger partial charge is 0.396 e. The van der Waals surface area contributed by atoms with E-state index in [1.54, 1.807) is 11.8 Å². The molecule has 1 aromatic carbocycles. The Morgan fingerprint density at radius 2 is 2.32 bits per heavy atom. The van der Waals surface area contributed by atoms with Crippen LogP contribution < -0.4 is 10.6 Å². The molecule has 2 amide bonds. The summed E-state index contributed by atoms with van der Waals surface area (Å²) in [7, 11) is 0. The Morgan fingerprint density at radius 3 is 2.89 bits per heavy atom. The maximum atomic E-state index is 13.2. The van der Waals surface area contributed by atoms with E-state index in [0.717, 1.165) is 6.07 Å². The molecule has 1 aromatic rings. The highest BCUT2D eigenvalue weighted by molar-refractivity contribution is 7.98. The number of halogens is 2. The summed E-state index contributed by atoms with van der Waals surface area (Å²) in [5.41, 5.74) is 0.325. The standard InChI is InChI=1S/C12H16ClFN2O2S/c1-19-7-9(4-5-17)16-12(18)15-8-2-3-10(13)11(14)6-8/h2-3,6,9,17H,4-5,7H2,1H3,(H2,15,16,18)/t9-/m0/s1. The molecule has 19 heavy (non-hydrogen) atoms. The van der Waals surface area contributed by atoms with Crippen LogP contribution in [0.4, 0.5) is 14.9 Å². The van der Waals surface area contributed by atoms with E-state index in [0.29, 0.717) is 17.9 Å². The Kier molecular flexibility index (Phi) is 6.97. The SMILES string of the molecule is CSC[C@H](CCO)NC(=O)Nc1ccc(Cl)c(F)c1. The molecule has 0 aliphatic heterocycles. The molecule has 0 saturated carbocycles. The zero-order valence-electron chi connectivity index (χ0n) is 10.5. The number of aliphatic hydroxyl groups excluding tert-OH is 1. The molecule has 7 heteroatoms. The third-order valence-corrected chi connectivity index (χ3v) is 3.40. The topological polar surface area (TPSA) is 61.4 Å². The Balaban J connectivity index is 2.55. The van der Waals surface area contributed by atoms with E-state index in [-0.39, 0.29) is 17.7 Å². The molecule has 0 aromatic heterocycles. The number of nitrogens with one attached hydrogen (secondary N) is 2. The van der Waals surface area contributed by atoms with Gasteiger partial charge in [-0.1, -0.05) is 11.6 Å². The minimum absolute atomic E-state index is 0.00107. The van der Waals surface area contributed by atoms with Crippen LogP contribution in [0.3, 0.4) is 0 Å². The number of carbonyl (C=O) groups is 1. The Morgan fingerprint density at radius 1 is 1.58 bits per heavy atom. The number of aliphatic hydroxyl groups is 1. The quantitative estimate of drug-likeness (QED) is 0.757. The number of anilines is 1. The molecule has 0 heterocycles. The van der Waals surface area contributed by atoms with Crippen molar-refractivity contribution < 1.29 is 14.3 Å². The highest BCUT2D eigenvalue weighted by Gasteiger charge is 2.11. The van der Waals surface area contributed by atoms with Gasteiger partial charge in [-0.05, 0) is 30.9 Å². The minimum Gasteiger partial charge on any atom is -0.396 e. The van der Waals surface area contributed by atoms with Crippen molar-refractivity contribution in [3.63, 3.8) is 0 Å². The van der Waals surface area contributed by atoms with Crippen LogP contribution in [0.15, 0.2) is 18.2 Å². The van der Waals surface area contributed by atoms with Gasteiger partial charge in [0, 0.05) is 24.1 Å². The predicted molar refractivity (Wildman–Crippen MR) is 77.4 cm³/mol. The summed E-state index contributed by atoms with van der Waals surface area (Å²) in [6, 6.07) is 3.48. The zero-order chi connectivity index (χ0) is 14.3. The molecule has 4 nitrogen and oxygen atoms in total. The molecule has 1 rings (SSSR count). The summed E-state index contributed by atoms with van der Waals surface area (Å²) in [4.78, 5) is 11.7. The summed E-state index contributed by atoms with van der Waals surface area (Å²) in [5.74, 6) is 0.110. The fraction of sp³-hybridized carbons (Fsp3) is 0.417. The fourth-order valence-electron chi connectivity index (χ4n) is 1.48. The first-order valence-electron chi connectivity index (χ1n) is 5.69. The molecule has 0 radical (unpaired) electrons. The molecule has 1 atom stereocenters. The normalized spacial score (nSPS) is 12.0. The van der Waals surface area contributed by atoms with E-state index in [2.05, 4.69) is 10.6 Å². The predicted octanol–water partition coefficient (Wildman–Crippen LogP) is 2.71. The Bertz CT molecular complexity index is 428. The van der Waals surface area contributed by atoms with Gasteiger partial charge in [-0.25, -0.2) is 9.18 Å². The first kappa shape index (κ1) is 16.1. The third-order valence-electron chi connectivity index (χ3n) is 2.36. The molecule has 0 aliphatic carbocycles. The Labute approximate surface area is 120 Å². The van der Waals surface area contributed by atoms with Crippen molar-refractivity contribution in [3.8, 4) is 0 Å². The number of amides is 2. The van der Waals surface area contributed by atoms with E-state index < -0.39 is 11.8 Å². The number of urea groups is 1. The van der Waals surface area contributed by atoms with Gasteiger partial charge in [0.15, 0.2) is 0 Å². The van der Waals surface area contributed by atoms with Crippen LogP contribution in [-0.2, 0) is 0 Å². The van der Waals surface area contributed by atoms with Crippen LogP contribution in [0, 0.1) is 5.82 Å². The van der Waals surface area contributed by atoms with Gasteiger partial charge in [0.1, 0.15) is 5.82 Å². The lowest BCUT2D eigenvalue weighted by molar-refractivity contribution is 0.241. The second-order valence-corrected chi connectivity index (χ2v) is 5.21. The summed E-state index contributed by atoms with van der Waals surface area (Å²) < 4.78 is 13.2. The van der Waals surface area contributed by atoms with Crippen molar-refractivity contribution in [1.82, 2.24) is 5.32 Å². The van der Waals surface area contributed by atoms with Crippen LogP contribution in [0.25, 0.3) is 0 Å². The van der Waals surface area contributed by atoms with Gasteiger partial charge < -0.3 is 15.7 Å². The molecule has 0 spiro atoms. The average molecular weight is 307 g/mol. The first-order chi connectivity index (χ1) is 9.06. The van der Waals surface area contributed by atoms with E-state index in [4.69, 9.17) is 16.7 Å². The number of benzene rings is 1. The Hall–Kier alpha value is -0.980. The van der Waals surface area contributed by atoms with Crippen molar-refractivity contribution in [3.05, 3.63) is 29.0 Å². The maximum Gasteiger partial charge on any atom is 0.319 e. The number of carbonyl (C=O) groups excluding carboxylic acids is 1. The van der Waals surface area contributed by atoms with Crippen molar-refractivity contribution in [2.75, 3.05) is 23.9 Å². The highest BCUT2D eigenvalue weighted by Crippen LogP contribution is 2.18. The lowest BCUT2D eigenvalue weighted by atomic mass is 10.2. The average Bonchev–Trinajstić information content (AvgIpc) is 2.34. The first-order valence-corrected chi connectivity index (χ1v) is 7.46. The second kappa shape index (κ2) is 8.24. The summed E-state index contributed by atoms with van der Waals surface area (Å²) >= 11 is 7.12. The van der Waals surface area contributed by atoms with Gasteiger partial charge >= 0.3 is 6.03 Å². The van der Waals surface area contributed by atoms with Gasteiger partial charge in [0.05, 0.1) is 5.02 Å². The maximum absolute atomic E-state index is 13.2. The van der Waals surface area contributed by atoms with Gasteiger partial charge in [-0.3, -0.25) is 0 Å². The van der Waals surface area contributed by atoms with Gasteiger partial charge in [-0.15, -0.1) is 0 Å². The summed E-state index contributed by atoms with van der Waals surface area (Å²) in [6.07, 6.45) is 2.39. The van der Waals surface area contributed by atoms with Crippen molar-refractivity contribution >= 4 is 35.1 Å². The van der Waals surface area contributed by atoms with Gasteiger partial charge in [0.25, 0.3) is 0 Å². The molecular weight excluding hydrogens is 291 g/mol. The van der Waals surface area contributed by atoms with Gasteiger partial charge in [0.2, 0.25) is 0 Å². The highest BCUT2D eigenvalue weighted by atomic mass is 35.5. The van der Waals surface area contributed by atoms with Crippen molar-refractivity contribution in [2.24, 2.45) is 0 Å². The van der Waals surface area contributed by atoms with Crippen LogP contribution in [-0.4, -0.2) is 35.8 Å². The van der Waals surface area contributed by atoms with E-state index >= 15 is 0 Å². The fourth-order valence-corrected chi connectivity index (χ4v) is 2.25. The summed E-state index contributed by atoms with van der Waals surface area (Å²) in [6.45, 7) is 0.00107. The molecule has 0 unspecified atom stereocenters. The lowest BCUT2D eigenvalue weighted by Crippen LogP contribution is -2.40. The van der Waals surface area contributed by atoms with E-state index in [1.165, 1.54) is 12.1 Å². The van der Waals surface area contributed by atoms with Crippen LogP contribution in [0.2, 0.25) is 5.02 Å². The summed E-state index contributed by atoms with van der Waals surface area (Å²) in [5, 5.41) is 14.1. The van der Waals surface area contributed by atoms with E-state index in [9.17, 15) is 9.18 Å². The lowest BCUT2D eigenvalue weighted by Gasteiger charge is -2.17. The van der Waals surface area contributed by atoms with Gasteiger partial charge in [-0.2, -0.15) is 11.8 Å². The van der Waals surface area contributed by atoms with Crippen LogP contribution >= 0.6 is 23.4 Å². The molecule has 106 valence electrons. The number of hydrogen-bond acceptors (Lipinski definition) is 3. The van der Waals surface area contributed by atoms with Crippen molar-refractivity contribution in [1.29, 1.82) is 0 Å². The third kappa shape index (κ3) is 5.67. The molecular formula is C12H16ClFN2O2S. The number of hydrogen-bond donors (Lipinski definition) is 3. The molecule has 3 N–H and O–H groups in total. The van der Waals surface area contributed by atoms with Crippen molar-refractivity contribution in [2.45, 2.75) is 12.5 Å². The van der Waals surface area contributed by atoms with E-state index in [1.807, 2.05) is 6.26 Å². The second-order valence-electron chi connectivity index (χ2n) is 3.89. The molecule has 0 aliphatic rings.